The quantitative estimate of drug-likeness (QED) is 0.764. The summed E-state index contributed by atoms with van der Waals surface area (Å²) in [5.74, 6) is 1.64. The molecule has 0 radical (unpaired) electrons. The standard InChI is InChI=1S/C20H30N4/c1-6-14-24(15-7-2)19-21-13-12-18(23-19)22-17-11-9-8-10-16(17)20(3,4)5/h8-13H,6-7,14-15H2,1-5H3,(H,21,22,23). The average Bonchev–Trinajstić information content (AvgIpc) is 2.54. The lowest BCUT2D eigenvalue weighted by molar-refractivity contribution is 0.592. The van der Waals surface area contributed by atoms with Gasteiger partial charge in [0.2, 0.25) is 5.95 Å². The van der Waals surface area contributed by atoms with Crippen LogP contribution in [0.25, 0.3) is 0 Å². The molecule has 1 aromatic heterocycles. The van der Waals surface area contributed by atoms with Crippen molar-refractivity contribution in [2.75, 3.05) is 23.3 Å². The number of nitrogens with one attached hydrogen (secondary N) is 1. The number of benzene rings is 1. The van der Waals surface area contributed by atoms with Crippen molar-refractivity contribution in [1.82, 2.24) is 9.97 Å². The summed E-state index contributed by atoms with van der Waals surface area (Å²) in [7, 11) is 0. The van der Waals surface area contributed by atoms with E-state index >= 15 is 0 Å². The van der Waals surface area contributed by atoms with Crippen LogP contribution in [0.3, 0.4) is 0 Å². The van der Waals surface area contributed by atoms with Gasteiger partial charge in [0.05, 0.1) is 0 Å². The topological polar surface area (TPSA) is 41.1 Å². The highest BCUT2D eigenvalue weighted by atomic mass is 15.3. The zero-order chi connectivity index (χ0) is 17.6. The summed E-state index contributed by atoms with van der Waals surface area (Å²) in [5, 5.41) is 3.48. The maximum absolute atomic E-state index is 4.73. The molecule has 2 aromatic rings. The van der Waals surface area contributed by atoms with E-state index in [4.69, 9.17) is 4.98 Å². The third kappa shape index (κ3) is 4.70. The van der Waals surface area contributed by atoms with E-state index in [-0.39, 0.29) is 5.41 Å². The summed E-state index contributed by atoms with van der Waals surface area (Å²) in [4.78, 5) is 11.4. The molecule has 2 rings (SSSR count). The average molecular weight is 326 g/mol. The molecule has 0 aliphatic rings. The second kappa shape index (κ2) is 8.13. The minimum atomic E-state index is 0.0793. The number of hydrogen-bond donors (Lipinski definition) is 1. The van der Waals surface area contributed by atoms with Gasteiger partial charge in [-0.25, -0.2) is 4.98 Å². The van der Waals surface area contributed by atoms with Crippen molar-refractivity contribution in [3.05, 3.63) is 42.1 Å². The van der Waals surface area contributed by atoms with Crippen LogP contribution in [0, 0.1) is 0 Å². The van der Waals surface area contributed by atoms with E-state index in [2.05, 4.69) is 74.1 Å². The summed E-state index contributed by atoms with van der Waals surface area (Å²) in [6.45, 7) is 13.0. The predicted molar refractivity (Wildman–Crippen MR) is 103 cm³/mol. The number of hydrogen-bond acceptors (Lipinski definition) is 4. The highest BCUT2D eigenvalue weighted by Crippen LogP contribution is 2.31. The van der Waals surface area contributed by atoms with Gasteiger partial charge >= 0.3 is 0 Å². The van der Waals surface area contributed by atoms with Gasteiger partial charge in [-0.1, -0.05) is 52.8 Å². The Labute approximate surface area is 146 Å². The predicted octanol–water partition coefficient (Wildman–Crippen LogP) is 5.14. The molecule has 0 atom stereocenters. The Morgan fingerprint density at radius 3 is 2.29 bits per heavy atom. The summed E-state index contributed by atoms with van der Waals surface area (Å²) in [6.07, 6.45) is 4.02. The van der Waals surface area contributed by atoms with E-state index in [0.29, 0.717) is 0 Å². The first-order chi connectivity index (χ1) is 11.5. The molecule has 1 heterocycles. The van der Waals surface area contributed by atoms with Crippen molar-refractivity contribution >= 4 is 17.5 Å². The van der Waals surface area contributed by atoms with Crippen molar-refractivity contribution in [2.45, 2.75) is 52.9 Å². The second-order valence-corrected chi connectivity index (χ2v) is 7.15. The lowest BCUT2D eigenvalue weighted by Gasteiger charge is -2.24. The molecule has 1 aromatic carbocycles. The smallest absolute Gasteiger partial charge is 0.227 e. The van der Waals surface area contributed by atoms with Crippen molar-refractivity contribution in [2.24, 2.45) is 0 Å². The SMILES string of the molecule is CCCN(CCC)c1nccc(Nc2ccccc2C(C)(C)C)n1. The maximum Gasteiger partial charge on any atom is 0.227 e. The van der Waals surface area contributed by atoms with Gasteiger partial charge in [0.15, 0.2) is 0 Å². The van der Waals surface area contributed by atoms with E-state index in [1.54, 1.807) is 0 Å². The van der Waals surface area contributed by atoms with Crippen molar-refractivity contribution in [3.63, 3.8) is 0 Å². The first-order valence-electron chi connectivity index (χ1n) is 8.90. The van der Waals surface area contributed by atoms with Gasteiger partial charge in [0.1, 0.15) is 5.82 Å². The highest BCUT2D eigenvalue weighted by molar-refractivity contribution is 5.62. The van der Waals surface area contributed by atoms with Gasteiger partial charge in [0, 0.05) is 25.0 Å². The summed E-state index contributed by atoms with van der Waals surface area (Å²) in [6, 6.07) is 10.4. The molecule has 4 nitrogen and oxygen atoms in total. The molecule has 0 aliphatic carbocycles. The Morgan fingerprint density at radius 1 is 1.00 bits per heavy atom. The van der Waals surface area contributed by atoms with Crippen LogP contribution < -0.4 is 10.2 Å². The van der Waals surface area contributed by atoms with Crippen LogP contribution in [0.2, 0.25) is 0 Å². The normalized spacial score (nSPS) is 11.4. The molecule has 4 heteroatoms. The van der Waals surface area contributed by atoms with Crippen molar-refractivity contribution in [1.29, 1.82) is 0 Å². The van der Waals surface area contributed by atoms with E-state index in [1.807, 2.05) is 12.3 Å². The number of aromatic nitrogens is 2. The minimum Gasteiger partial charge on any atom is -0.341 e. The van der Waals surface area contributed by atoms with E-state index in [1.165, 1.54) is 5.56 Å². The Bertz CT molecular complexity index is 640. The fraction of sp³-hybridized carbons (Fsp3) is 0.500. The van der Waals surface area contributed by atoms with Crippen molar-refractivity contribution < 1.29 is 0 Å². The molecule has 0 unspecified atom stereocenters. The molecule has 130 valence electrons. The van der Waals surface area contributed by atoms with Gasteiger partial charge in [-0.3, -0.25) is 0 Å². The molecule has 0 bridgehead atoms. The van der Waals surface area contributed by atoms with Crippen LogP contribution in [0.15, 0.2) is 36.5 Å². The summed E-state index contributed by atoms with van der Waals surface area (Å²) >= 11 is 0. The zero-order valence-corrected chi connectivity index (χ0v) is 15.6. The molecule has 24 heavy (non-hydrogen) atoms. The van der Waals surface area contributed by atoms with Crippen LogP contribution in [-0.4, -0.2) is 23.1 Å². The molecule has 0 aliphatic heterocycles. The fourth-order valence-corrected chi connectivity index (χ4v) is 2.81. The summed E-state index contributed by atoms with van der Waals surface area (Å²) < 4.78 is 0. The Balaban J connectivity index is 2.27. The highest BCUT2D eigenvalue weighted by Gasteiger charge is 2.18. The van der Waals surface area contributed by atoms with Crippen LogP contribution in [0.4, 0.5) is 17.5 Å². The molecule has 0 saturated heterocycles. The Morgan fingerprint density at radius 2 is 1.67 bits per heavy atom. The summed E-state index contributed by atoms with van der Waals surface area (Å²) in [5.41, 5.74) is 2.46. The molecule has 0 saturated carbocycles. The molecular weight excluding hydrogens is 296 g/mol. The molecule has 0 amide bonds. The van der Waals surface area contributed by atoms with Gasteiger partial charge in [-0.2, -0.15) is 4.98 Å². The zero-order valence-electron chi connectivity index (χ0n) is 15.6. The third-order valence-corrected chi connectivity index (χ3v) is 3.91. The number of rotatable bonds is 7. The lowest BCUT2D eigenvalue weighted by atomic mass is 9.86. The van der Waals surface area contributed by atoms with Crippen LogP contribution in [0.1, 0.15) is 53.0 Å². The van der Waals surface area contributed by atoms with E-state index < -0.39 is 0 Å². The van der Waals surface area contributed by atoms with Crippen LogP contribution in [0.5, 0.6) is 0 Å². The van der Waals surface area contributed by atoms with Crippen LogP contribution in [-0.2, 0) is 5.41 Å². The number of para-hydroxylation sites is 1. The van der Waals surface area contributed by atoms with E-state index in [9.17, 15) is 0 Å². The van der Waals surface area contributed by atoms with Crippen LogP contribution >= 0.6 is 0 Å². The minimum absolute atomic E-state index is 0.0793. The first-order valence-corrected chi connectivity index (χ1v) is 8.90. The maximum atomic E-state index is 4.73. The monoisotopic (exact) mass is 326 g/mol. The Hall–Kier alpha value is -2.10. The fourth-order valence-electron chi connectivity index (χ4n) is 2.81. The number of anilines is 3. The van der Waals surface area contributed by atoms with Gasteiger partial charge in [0.25, 0.3) is 0 Å². The first kappa shape index (κ1) is 18.2. The third-order valence-electron chi connectivity index (χ3n) is 3.91. The Kier molecular flexibility index (Phi) is 6.18. The lowest BCUT2D eigenvalue weighted by Crippen LogP contribution is -2.27. The molecular formula is C20H30N4. The van der Waals surface area contributed by atoms with Gasteiger partial charge < -0.3 is 10.2 Å². The number of nitrogens with zero attached hydrogens (tertiary/aromatic N) is 3. The molecule has 0 fully saturated rings. The molecule has 1 N–H and O–H groups in total. The molecule has 0 spiro atoms. The largest absolute Gasteiger partial charge is 0.341 e. The van der Waals surface area contributed by atoms with Gasteiger partial charge in [-0.15, -0.1) is 0 Å². The van der Waals surface area contributed by atoms with Crippen molar-refractivity contribution in [3.8, 4) is 0 Å². The van der Waals surface area contributed by atoms with E-state index in [0.717, 1.165) is 43.4 Å². The second-order valence-electron chi connectivity index (χ2n) is 7.15. The van der Waals surface area contributed by atoms with Gasteiger partial charge in [-0.05, 0) is 36.0 Å².